The second-order valence-electron chi connectivity index (χ2n) is 6.04. The van der Waals surface area contributed by atoms with Gasteiger partial charge in [0.1, 0.15) is 12.4 Å². The average molecular weight is 392 g/mol. The van der Waals surface area contributed by atoms with Crippen molar-refractivity contribution in [3.8, 4) is 11.8 Å². The van der Waals surface area contributed by atoms with Gasteiger partial charge in [-0.25, -0.2) is 0 Å². The molecular formula is C20H19F3N2O3. The molecule has 2 aromatic rings. The molecule has 0 saturated carbocycles. The van der Waals surface area contributed by atoms with Crippen molar-refractivity contribution >= 4 is 5.91 Å². The van der Waals surface area contributed by atoms with Crippen LogP contribution in [0, 0.1) is 11.3 Å². The van der Waals surface area contributed by atoms with Crippen molar-refractivity contribution in [2.75, 3.05) is 6.61 Å². The number of nitrogens with one attached hydrogen (secondary N) is 1. The molecule has 0 fully saturated rings. The molecule has 1 N–H and O–H groups in total. The Bertz CT molecular complexity index is 813. The van der Waals surface area contributed by atoms with Crippen LogP contribution in [0.25, 0.3) is 0 Å². The molecule has 0 aliphatic heterocycles. The number of ether oxygens (including phenoxy) is 2. The normalized spacial score (nSPS) is 12.1. The van der Waals surface area contributed by atoms with Crippen LogP contribution in [-0.2, 0) is 22.7 Å². The highest BCUT2D eigenvalue weighted by atomic mass is 19.4. The van der Waals surface area contributed by atoms with Crippen LogP contribution in [0.15, 0.2) is 48.5 Å². The molecule has 1 amide bonds. The third-order valence-corrected chi connectivity index (χ3v) is 3.69. The zero-order chi connectivity index (χ0) is 20.6. The molecule has 148 valence electrons. The number of alkyl halides is 3. The Morgan fingerprint density at radius 3 is 2.29 bits per heavy atom. The number of hydrogen-bond acceptors (Lipinski definition) is 4. The summed E-state index contributed by atoms with van der Waals surface area (Å²) in [4.78, 5) is 12.1. The Morgan fingerprint density at radius 2 is 1.71 bits per heavy atom. The van der Waals surface area contributed by atoms with Gasteiger partial charge >= 0.3 is 6.18 Å². The first-order valence-corrected chi connectivity index (χ1v) is 8.43. The highest BCUT2D eigenvalue weighted by Crippen LogP contribution is 2.16. The lowest BCUT2D eigenvalue weighted by Gasteiger charge is -2.15. The molecule has 0 heterocycles. The lowest BCUT2D eigenvalue weighted by Crippen LogP contribution is -2.35. The largest absolute Gasteiger partial charge is 0.481 e. The van der Waals surface area contributed by atoms with Gasteiger partial charge in [0, 0.05) is 6.54 Å². The predicted molar refractivity (Wildman–Crippen MR) is 95.2 cm³/mol. The van der Waals surface area contributed by atoms with Crippen molar-refractivity contribution in [2.45, 2.75) is 32.4 Å². The van der Waals surface area contributed by atoms with Crippen LogP contribution in [0.3, 0.4) is 0 Å². The van der Waals surface area contributed by atoms with E-state index in [9.17, 15) is 18.0 Å². The Balaban J connectivity index is 1.77. The van der Waals surface area contributed by atoms with Gasteiger partial charge in [-0.1, -0.05) is 24.3 Å². The first-order chi connectivity index (χ1) is 13.3. The quantitative estimate of drug-likeness (QED) is 0.743. The first kappa shape index (κ1) is 21.3. The zero-order valence-corrected chi connectivity index (χ0v) is 15.1. The summed E-state index contributed by atoms with van der Waals surface area (Å²) in [5.41, 5.74) is 1.90. The van der Waals surface area contributed by atoms with Crippen LogP contribution in [0.1, 0.15) is 23.6 Å². The minimum absolute atomic E-state index is 0.137. The monoisotopic (exact) mass is 392 g/mol. The third-order valence-electron chi connectivity index (χ3n) is 3.69. The lowest BCUT2D eigenvalue weighted by atomic mass is 10.1. The van der Waals surface area contributed by atoms with Gasteiger partial charge in [-0.05, 0) is 42.3 Å². The van der Waals surface area contributed by atoms with Gasteiger partial charge in [-0.15, -0.1) is 0 Å². The number of hydrogen-bond donors (Lipinski definition) is 1. The van der Waals surface area contributed by atoms with Crippen LogP contribution in [0.4, 0.5) is 13.2 Å². The summed E-state index contributed by atoms with van der Waals surface area (Å²) in [7, 11) is 0. The van der Waals surface area contributed by atoms with E-state index in [0.717, 1.165) is 5.56 Å². The third kappa shape index (κ3) is 7.29. The minimum Gasteiger partial charge on any atom is -0.481 e. The van der Waals surface area contributed by atoms with Crippen molar-refractivity contribution in [1.29, 1.82) is 5.26 Å². The summed E-state index contributed by atoms with van der Waals surface area (Å²) in [6, 6.07) is 15.1. The topological polar surface area (TPSA) is 71.3 Å². The Labute approximate surface area is 160 Å². The van der Waals surface area contributed by atoms with Gasteiger partial charge in [-0.3, -0.25) is 4.79 Å². The van der Waals surface area contributed by atoms with E-state index in [2.05, 4.69) is 10.1 Å². The number of rotatable bonds is 8. The highest BCUT2D eigenvalue weighted by molar-refractivity contribution is 5.80. The van der Waals surface area contributed by atoms with E-state index in [1.54, 1.807) is 55.5 Å². The van der Waals surface area contributed by atoms with Crippen LogP contribution >= 0.6 is 0 Å². The average Bonchev–Trinajstić information content (AvgIpc) is 2.66. The molecular weight excluding hydrogens is 373 g/mol. The summed E-state index contributed by atoms with van der Waals surface area (Å²) >= 11 is 0. The summed E-state index contributed by atoms with van der Waals surface area (Å²) in [6.07, 6.45) is -5.08. The van der Waals surface area contributed by atoms with Gasteiger partial charge in [0.15, 0.2) is 6.10 Å². The Hall–Kier alpha value is -3.05. The van der Waals surface area contributed by atoms with Gasteiger partial charge in [0.2, 0.25) is 0 Å². The molecule has 2 rings (SSSR count). The number of nitriles is 1. The van der Waals surface area contributed by atoms with Gasteiger partial charge in [0.25, 0.3) is 5.91 Å². The first-order valence-electron chi connectivity index (χ1n) is 8.43. The van der Waals surface area contributed by atoms with Crippen molar-refractivity contribution in [1.82, 2.24) is 5.32 Å². The Morgan fingerprint density at radius 1 is 1.11 bits per heavy atom. The van der Waals surface area contributed by atoms with E-state index in [0.29, 0.717) is 16.9 Å². The molecule has 2 aromatic carbocycles. The SMILES string of the molecule is CC(Oc1ccc(C#N)cc1)C(=O)NCc1ccc(COCC(F)(F)F)cc1. The molecule has 28 heavy (non-hydrogen) atoms. The van der Waals surface area contributed by atoms with Gasteiger partial charge in [0.05, 0.1) is 18.2 Å². The second-order valence-corrected chi connectivity index (χ2v) is 6.04. The van der Waals surface area contributed by atoms with E-state index < -0.39 is 18.9 Å². The van der Waals surface area contributed by atoms with Gasteiger partial charge < -0.3 is 14.8 Å². The zero-order valence-electron chi connectivity index (χ0n) is 15.1. The maximum atomic E-state index is 12.1. The van der Waals surface area contributed by atoms with E-state index in [-0.39, 0.29) is 19.1 Å². The maximum Gasteiger partial charge on any atom is 0.411 e. The van der Waals surface area contributed by atoms with Crippen molar-refractivity contribution < 1.29 is 27.4 Å². The maximum absolute atomic E-state index is 12.1. The number of amides is 1. The van der Waals surface area contributed by atoms with Crippen LogP contribution < -0.4 is 10.1 Å². The van der Waals surface area contributed by atoms with Crippen LogP contribution in [-0.4, -0.2) is 24.8 Å². The fraction of sp³-hybridized carbons (Fsp3) is 0.300. The molecule has 5 nitrogen and oxygen atoms in total. The number of carbonyl (C=O) groups excluding carboxylic acids is 1. The van der Waals surface area contributed by atoms with Crippen LogP contribution in [0.2, 0.25) is 0 Å². The molecule has 0 aliphatic carbocycles. The van der Waals surface area contributed by atoms with E-state index in [1.165, 1.54) is 0 Å². The van der Waals surface area contributed by atoms with Crippen molar-refractivity contribution in [2.24, 2.45) is 0 Å². The molecule has 8 heteroatoms. The Kier molecular flexibility index (Phi) is 7.41. The number of halogens is 3. The highest BCUT2D eigenvalue weighted by Gasteiger charge is 2.27. The molecule has 1 unspecified atom stereocenters. The van der Waals surface area contributed by atoms with Crippen molar-refractivity contribution in [3.63, 3.8) is 0 Å². The van der Waals surface area contributed by atoms with E-state index >= 15 is 0 Å². The number of benzene rings is 2. The fourth-order valence-electron chi connectivity index (χ4n) is 2.24. The molecule has 0 aromatic heterocycles. The molecule has 0 bridgehead atoms. The minimum atomic E-state index is -4.35. The summed E-state index contributed by atoms with van der Waals surface area (Å²) in [6.45, 7) is 0.432. The smallest absolute Gasteiger partial charge is 0.411 e. The molecule has 0 radical (unpaired) electrons. The molecule has 0 spiro atoms. The predicted octanol–water partition coefficient (Wildman–Crippen LogP) is 3.72. The van der Waals surface area contributed by atoms with E-state index in [4.69, 9.17) is 10.00 Å². The molecule has 0 aliphatic rings. The van der Waals surface area contributed by atoms with Crippen LogP contribution in [0.5, 0.6) is 5.75 Å². The number of nitrogens with zero attached hydrogens (tertiary/aromatic N) is 1. The molecule has 0 saturated heterocycles. The second kappa shape index (κ2) is 9.76. The summed E-state index contributed by atoms with van der Waals surface area (Å²) in [5.74, 6) is 0.159. The van der Waals surface area contributed by atoms with Gasteiger partial charge in [-0.2, -0.15) is 18.4 Å². The molecule has 1 atom stereocenters. The number of carbonyl (C=O) groups is 1. The summed E-state index contributed by atoms with van der Waals surface area (Å²) < 4.78 is 46.3. The fourth-order valence-corrected chi connectivity index (χ4v) is 2.24. The standard InChI is InChI=1S/C20H19F3N2O3/c1-14(28-18-8-6-15(10-24)7-9-18)19(26)25-11-16-2-4-17(5-3-16)12-27-13-20(21,22)23/h2-9,14H,11-13H2,1H3,(H,25,26). The summed E-state index contributed by atoms with van der Waals surface area (Å²) in [5, 5.41) is 11.5. The lowest BCUT2D eigenvalue weighted by molar-refractivity contribution is -0.176. The van der Waals surface area contributed by atoms with Crippen molar-refractivity contribution in [3.05, 3.63) is 65.2 Å². The van der Waals surface area contributed by atoms with E-state index in [1.807, 2.05) is 6.07 Å².